The fraction of sp³-hybridized carbons (Fsp3) is 0.333. The molecule has 182 valence electrons. The highest BCUT2D eigenvalue weighted by atomic mass is 16.7. The average molecular weight is 477 g/mol. The first-order chi connectivity index (χ1) is 17.1. The quantitative estimate of drug-likeness (QED) is 0.524. The highest BCUT2D eigenvalue weighted by molar-refractivity contribution is 6.08. The van der Waals surface area contributed by atoms with Crippen LogP contribution in [-0.2, 0) is 4.79 Å². The fourth-order valence-electron chi connectivity index (χ4n) is 4.69. The Morgan fingerprint density at radius 1 is 1.00 bits per heavy atom. The molecule has 1 saturated carbocycles. The normalized spacial score (nSPS) is 15.9. The molecule has 1 aliphatic carbocycles. The van der Waals surface area contributed by atoms with Gasteiger partial charge in [-0.15, -0.1) is 0 Å². The van der Waals surface area contributed by atoms with E-state index < -0.39 is 11.9 Å². The van der Waals surface area contributed by atoms with Crippen molar-refractivity contribution >= 4 is 17.5 Å². The van der Waals surface area contributed by atoms with Gasteiger partial charge in [0.15, 0.2) is 17.3 Å². The Labute approximate surface area is 203 Å². The molecule has 0 unspecified atom stereocenters. The number of nitrogens with one attached hydrogen (secondary N) is 1. The van der Waals surface area contributed by atoms with Crippen molar-refractivity contribution in [3.05, 3.63) is 72.2 Å². The summed E-state index contributed by atoms with van der Waals surface area (Å²) in [7, 11) is 1.57. The predicted molar refractivity (Wildman–Crippen MR) is 129 cm³/mol. The molecule has 1 aromatic heterocycles. The van der Waals surface area contributed by atoms with Crippen LogP contribution in [0.1, 0.15) is 54.3 Å². The molecule has 0 saturated heterocycles. The minimum atomic E-state index is -0.968. The maximum atomic E-state index is 13.9. The first-order valence-electron chi connectivity index (χ1n) is 11.8. The third kappa shape index (κ3) is 4.82. The van der Waals surface area contributed by atoms with Crippen LogP contribution in [0.15, 0.2) is 65.3 Å². The van der Waals surface area contributed by atoms with Crippen LogP contribution >= 0.6 is 0 Å². The minimum absolute atomic E-state index is 0.0710. The van der Waals surface area contributed by atoms with Crippen LogP contribution in [0.5, 0.6) is 17.2 Å². The Morgan fingerprint density at radius 2 is 1.83 bits per heavy atom. The van der Waals surface area contributed by atoms with Crippen molar-refractivity contribution in [3.8, 4) is 17.2 Å². The van der Waals surface area contributed by atoms with Crippen LogP contribution in [-0.4, -0.2) is 31.8 Å². The van der Waals surface area contributed by atoms with E-state index in [1.807, 2.05) is 12.1 Å². The highest BCUT2D eigenvalue weighted by Crippen LogP contribution is 2.39. The summed E-state index contributed by atoms with van der Waals surface area (Å²) in [5.41, 5.74) is 1.11. The van der Waals surface area contributed by atoms with Gasteiger partial charge in [0.1, 0.15) is 11.8 Å². The van der Waals surface area contributed by atoms with E-state index in [1.165, 1.54) is 17.6 Å². The van der Waals surface area contributed by atoms with E-state index in [4.69, 9.17) is 18.6 Å². The summed E-state index contributed by atoms with van der Waals surface area (Å²) in [6.45, 7) is 0.104. The fourth-order valence-corrected chi connectivity index (χ4v) is 4.69. The van der Waals surface area contributed by atoms with Crippen LogP contribution in [0.3, 0.4) is 0 Å². The third-order valence-electron chi connectivity index (χ3n) is 6.45. The average Bonchev–Trinajstić information content (AvgIpc) is 3.59. The number of benzene rings is 2. The van der Waals surface area contributed by atoms with Gasteiger partial charge in [0.2, 0.25) is 12.7 Å². The number of carbonyl (C=O) groups excluding carboxylic acids is 2. The summed E-state index contributed by atoms with van der Waals surface area (Å²) in [5, 5.41) is 3.20. The van der Waals surface area contributed by atoms with E-state index in [-0.39, 0.29) is 24.5 Å². The Kier molecular flexibility index (Phi) is 6.61. The number of rotatable bonds is 7. The molecule has 35 heavy (non-hydrogen) atoms. The number of furan rings is 1. The van der Waals surface area contributed by atoms with Crippen LogP contribution < -0.4 is 24.4 Å². The number of carbonyl (C=O) groups is 2. The molecular weight excluding hydrogens is 448 g/mol. The summed E-state index contributed by atoms with van der Waals surface area (Å²) in [4.78, 5) is 29.2. The molecule has 2 aliphatic rings. The molecule has 5 rings (SSSR count). The molecule has 0 bridgehead atoms. The molecule has 3 aromatic rings. The number of ether oxygens (including phenoxy) is 3. The summed E-state index contributed by atoms with van der Waals surface area (Å²) in [5.74, 6) is 1.11. The first kappa shape index (κ1) is 22.8. The minimum Gasteiger partial charge on any atom is -0.497 e. The smallest absolute Gasteiger partial charge is 0.294 e. The second-order valence-corrected chi connectivity index (χ2v) is 8.71. The van der Waals surface area contributed by atoms with Gasteiger partial charge in [-0.2, -0.15) is 0 Å². The molecule has 2 heterocycles. The molecule has 8 nitrogen and oxygen atoms in total. The van der Waals surface area contributed by atoms with Gasteiger partial charge >= 0.3 is 0 Å². The van der Waals surface area contributed by atoms with Gasteiger partial charge in [0.25, 0.3) is 5.91 Å². The first-order valence-corrected chi connectivity index (χ1v) is 11.8. The number of amides is 2. The summed E-state index contributed by atoms with van der Waals surface area (Å²) in [6, 6.07) is 14.7. The number of anilines is 1. The molecule has 2 aromatic carbocycles. The van der Waals surface area contributed by atoms with Crippen molar-refractivity contribution in [2.24, 2.45) is 0 Å². The topological polar surface area (TPSA) is 90.2 Å². The van der Waals surface area contributed by atoms with Crippen LogP contribution in [0.2, 0.25) is 0 Å². The third-order valence-corrected chi connectivity index (χ3v) is 6.45. The van der Waals surface area contributed by atoms with Gasteiger partial charge in [0.05, 0.1) is 13.4 Å². The number of fused-ring (bicyclic) bond motifs is 1. The lowest BCUT2D eigenvalue weighted by Crippen LogP contribution is -2.47. The SMILES string of the molecule is COc1cccc([C@@H](C(=O)NC2CCCCC2)N(C(=O)c2ccco2)c2ccc3c(c2)OCO3)c1. The monoisotopic (exact) mass is 476 g/mol. The van der Waals surface area contributed by atoms with Crippen LogP contribution in [0.25, 0.3) is 0 Å². The number of hydrogen-bond acceptors (Lipinski definition) is 6. The Morgan fingerprint density at radius 3 is 2.60 bits per heavy atom. The van der Waals surface area contributed by atoms with Gasteiger partial charge in [0, 0.05) is 17.8 Å². The molecule has 8 heteroatoms. The lowest BCUT2D eigenvalue weighted by Gasteiger charge is -2.33. The van der Waals surface area contributed by atoms with Crippen molar-refractivity contribution in [1.82, 2.24) is 5.32 Å². The molecule has 1 atom stereocenters. The van der Waals surface area contributed by atoms with Gasteiger partial charge in [-0.3, -0.25) is 14.5 Å². The van der Waals surface area contributed by atoms with E-state index in [0.717, 1.165) is 25.7 Å². The van der Waals surface area contributed by atoms with E-state index in [9.17, 15) is 9.59 Å². The van der Waals surface area contributed by atoms with Crippen molar-refractivity contribution in [1.29, 1.82) is 0 Å². The van der Waals surface area contributed by atoms with Gasteiger partial charge in [-0.1, -0.05) is 31.4 Å². The maximum absolute atomic E-state index is 13.9. The predicted octanol–water partition coefficient (Wildman–Crippen LogP) is 4.85. The van der Waals surface area contributed by atoms with E-state index in [1.54, 1.807) is 49.6 Å². The lowest BCUT2D eigenvalue weighted by atomic mass is 9.94. The Balaban J connectivity index is 1.60. The molecule has 0 radical (unpaired) electrons. The van der Waals surface area contributed by atoms with Crippen LogP contribution in [0.4, 0.5) is 5.69 Å². The Bertz CT molecular complexity index is 1190. The second-order valence-electron chi connectivity index (χ2n) is 8.71. The van der Waals surface area contributed by atoms with Crippen molar-refractivity contribution in [2.75, 3.05) is 18.8 Å². The van der Waals surface area contributed by atoms with E-state index in [2.05, 4.69) is 5.32 Å². The largest absolute Gasteiger partial charge is 0.497 e. The van der Waals surface area contributed by atoms with Crippen LogP contribution in [0, 0.1) is 0 Å². The molecule has 1 N–H and O–H groups in total. The zero-order valence-electron chi connectivity index (χ0n) is 19.6. The zero-order chi connectivity index (χ0) is 24.2. The molecule has 0 spiro atoms. The molecule has 1 aliphatic heterocycles. The van der Waals surface area contributed by atoms with Gasteiger partial charge < -0.3 is 23.9 Å². The second kappa shape index (κ2) is 10.1. The van der Waals surface area contributed by atoms with Crippen molar-refractivity contribution in [2.45, 2.75) is 44.2 Å². The van der Waals surface area contributed by atoms with Gasteiger partial charge in [-0.05, 0) is 54.8 Å². The molecule has 1 fully saturated rings. The summed E-state index contributed by atoms with van der Waals surface area (Å²) >= 11 is 0. The number of hydrogen-bond donors (Lipinski definition) is 1. The number of nitrogens with zero attached hydrogens (tertiary/aromatic N) is 1. The van der Waals surface area contributed by atoms with E-state index in [0.29, 0.717) is 28.5 Å². The highest BCUT2D eigenvalue weighted by Gasteiger charge is 2.36. The maximum Gasteiger partial charge on any atom is 0.294 e. The lowest BCUT2D eigenvalue weighted by molar-refractivity contribution is -0.123. The van der Waals surface area contributed by atoms with Crippen molar-refractivity contribution in [3.63, 3.8) is 0 Å². The molecule has 2 amide bonds. The standard InChI is InChI=1S/C27H28N2O6/c1-32-21-10-5-7-18(15-21)25(26(30)28-19-8-3-2-4-9-19)29(27(31)23-11-6-14-33-23)20-12-13-22-24(16-20)35-17-34-22/h5-7,10-16,19,25H,2-4,8-9,17H2,1H3,(H,28,30)/t25-/m0/s1. The summed E-state index contributed by atoms with van der Waals surface area (Å²) in [6.07, 6.45) is 6.61. The van der Waals surface area contributed by atoms with Crippen molar-refractivity contribution < 1.29 is 28.2 Å². The van der Waals surface area contributed by atoms with Gasteiger partial charge in [-0.25, -0.2) is 0 Å². The molecular formula is C27H28N2O6. The Hall–Kier alpha value is -3.94. The summed E-state index contributed by atoms with van der Waals surface area (Å²) < 4.78 is 21.9. The zero-order valence-corrected chi connectivity index (χ0v) is 19.6. The number of methoxy groups -OCH3 is 1. The van der Waals surface area contributed by atoms with E-state index >= 15 is 0 Å².